The molecule has 1 atom stereocenters. The lowest BCUT2D eigenvalue weighted by Crippen LogP contribution is -1.90. The van der Waals surface area contributed by atoms with Gasteiger partial charge < -0.3 is 22.1 Å². The maximum Gasteiger partial charge on any atom is 0.227 e. The molecule has 15 aromatic heterocycles. The Labute approximate surface area is 642 Å². The molecule has 0 bridgehead atoms. The van der Waals surface area contributed by atoms with Crippen molar-refractivity contribution in [1.29, 1.82) is 0 Å². The lowest BCUT2D eigenvalue weighted by molar-refractivity contribution is 0.653. The number of aromatic nitrogens is 10. The zero-order valence-corrected chi connectivity index (χ0v) is 62.2. The first-order valence-corrected chi connectivity index (χ1v) is 36.7. The molecule has 0 saturated heterocycles. The van der Waals surface area contributed by atoms with E-state index in [1.165, 1.54) is 29.2 Å². The summed E-state index contributed by atoms with van der Waals surface area (Å²) < 4.78 is 68.0. The number of benzene rings is 5. The standard InChI is InChI=1S/C20H18N2O.3C19H16N2O.C18H14N2O/c1-12(2)14-10-17-15-5-4-6-16(18-9-13(3)7-8-21-18)19(15)23-20(17)22-11-14;2*1-12(2)13-8-9-17(21-11-13)16-6-3-5-14-15-7-4-10-20-19(15)22-18(14)16;1-12(2)13-10-16-14-6-5-7-15(17-8-3-4-9-20-17)18(14)22-19(16)21-11-13;1-2-12-8-9-16(20-11-12)15-6-3-5-13-14-7-4-10-19-18(14)21-17(13)15/h4-12H,1-3H3;3*3-12H,1-2H3;3-11H,2H2,1H3/i;1D3;;;2D2. The zero-order chi connectivity index (χ0) is 79.8. The highest BCUT2D eigenvalue weighted by Crippen LogP contribution is 2.41. The Morgan fingerprint density at radius 2 is 0.627 bits per heavy atom. The third kappa shape index (κ3) is 14.2. The van der Waals surface area contributed by atoms with Gasteiger partial charge in [0, 0.05) is 151 Å². The fourth-order valence-corrected chi connectivity index (χ4v) is 13.6. The number of aryl methyl sites for hydroxylation is 2. The Morgan fingerprint density at radius 3 is 0.982 bits per heavy atom. The Hall–Kier alpha value is -13.4. The summed E-state index contributed by atoms with van der Waals surface area (Å²) in [6.07, 6.45) is 16.3. The Balaban J connectivity index is 0.000000108. The molecule has 0 aliphatic rings. The minimum Gasteiger partial charge on any atom is -0.437 e. The molecule has 1 unspecified atom stereocenters. The predicted octanol–water partition coefficient (Wildman–Crippen LogP) is 25.6. The highest BCUT2D eigenvalue weighted by molar-refractivity contribution is 6.12. The van der Waals surface area contributed by atoms with Crippen LogP contribution in [0.2, 0.25) is 0 Å². The maximum absolute atomic E-state index is 7.75. The molecule has 20 rings (SSSR count). The smallest absolute Gasteiger partial charge is 0.227 e. The van der Waals surface area contributed by atoms with E-state index in [1.54, 1.807) is 50.2 Å². The van der Waals surface area contributed by atoms with E-state index in [9.17, 15) is 0 Å². The average Bonchev–Trinajstić information content (AvgIpc) is 1.64. The molecule has 5 aromatic carbocycles. The fraction of sp³-hybridized carbons (Fsp3) is 0.158. The van der Waals surface area contributed by atoms with Gasteiger partial charge in [0.2, 0.25) is 28.6 Å². The number of furan rings is 5. The van der Waals surface area contributed by atoms with Gasteiger partial charge in [0.05, 0.1) is 28.5 Å². The monoisotopic (exact) mass is 1450 g/mol. The SMILES string of the molecule is CC(C)c1ccc(-c2cccc3c2oc2ncccc23)nc1.CC(C)c1cnc2oc3c(-c4ccccn4)cccc3c2c1.Cc1ccnc(-c2cccc3c2oc2ncc(C(C)C)cc23)c1.[2H]C([2H])(C)c1ccc(-c2cccc3c2oc2ncccc23)nc1.[2H]C([2H])([2H])C(C)c1ccc(-c2cccc3c2oc2ncccc23)nc1. The fourth-order valence-electron chi connectivity index (χ4n) is 13.6. The van der Waals surface area contributed by atoms with E-state index in [2.05, 4.69) is 159 Å². The van der Waals surface area contributed by atoms with Crippen LogP contribution in [0.1, 0.15) is 126 Å². The predicted molar refractivity (Wildman–Crippen MR) is 444 cm³/mol. The van der Waals surface area contributed by atoms with E-state index in [0.717, 1.165) is 138 Å². The summed E-state index contributed by atoms with van der Waals surface area (Å²) in [4.78, 5) is 44.3. The van der Waals surface area contributed by atoms with Crippen LogP contribution in [0.15, 0.2) is 290 Å². The summed E-state index contributed by atoms with van der Waals surface area (Å²) in [5.74, 6) is 0.812. The molecule has 540 valence electrons. The third-order valence-corrected chi connectivity index (χ3v) is 19.7. The van der Waals surface area contributed by atoms with Gasteiger partial charge in [-0.2, -0.15) is 0 Å². The van der Waals surface area contributed by atoms with Crippen molar-refractivity contribution in [2.24, 2.45) is 0 Å². The van der Waals surface area contributed by atoms with Gasteiger partial charge in [-0.25, -0.2) is 24.9 Å². The molecular formula is C95H80N10O5. The molecule has 0 spiro atoms. The minimum absolute atomic E-state index is 0.443. The number of hydrogen-bond acceptors (Lipinski definition) is 15. The first-order chi connectivity index (χ1) is 55.6. The molecule has 15 nitrogen and oxygen atoms in total. The molecule has 0 amide bonds. The second-order valence-corrected chi connectivity index (χ2v) is 28.0. The second kappa shape index (κ2) is 30.8. The molecule has 0 aliphatic carbocycles. The highest BCUT2D eigenvalue weighted by Gasteiger charge is 2.20. The van der Waals surface area contributed by atoms with Crippen LogP contribution in [0, 0.1) is 6.92 Å². The van der Waals surface area contributed by atoms with Crippen LogP contribution in [0.4, 0.5) is 0 Å². The summed E-state index contributed by atoms with van der Waals surface area (Å²) in [5, 5.41) is 10.4. The van der Waals surface area contributed by atoms with E-state index >= 15 is 0 Å². The van der Waals surface area contributed by atoms with E-state index < -0.39 is 19.1 Å². The molecule has 110 heavy (non-hydrogen) atoms. The van der Waals surface area contributed by atoms with Crippen molar-refractivity contribution in [3.8, 4) is 56.3 Å². The molecule has 15 heterocycles. The Kier molecular flexibility index (Phi) is 18.2. The van der Waals surface area contributed by atoms with Gasteiger partial charge in [-0.1, -0.05) is 147 Å². The number of para-hydroxylation sites is 5. The van der Waals surface area contributed by atoms with Gasteiger partial charge in [0.15, 0.2) is 0 Å². The van der Waals surface area contributed by atoms with Crippen LogP contribution in [-0.4, -0.2) is 49.8 Å². The van der Waals surface area contributed by atoms with Crippen LogP contribution >= 0.6 is 0 Å². The topological polar surface area (TPSA) is 195 Å². The van der Waals surface area contributed by atoms with Crippen molar-refractivity contribution in [2.75, 3.05) is 0 Å². The summed E-state index contributed by atoms with van der Waals surface area (Å²) in [6, 6.07) is 67.8. The Morgan fingerprint density at radius 1 is 0.282 bits per heavy atom. The van der Waals surface area contributed by atoms with Crippen LogP contribution < -0.4 is 0 Å². The minimum atomic E-state index is -2.03. The number of rotatable bonds is 10. The second-order valence-electron chi connectivity index (χ2n) is 28.0. The first kappa shape index (κ1) is 64.9. The first-order valence-electron chi connectivity index (χ1n) is 39.2. The number of hydrogen-bond donors (Lipinski definition) is 0. The molecule has 0 radical (unpaired) electrons. The lowest BCUT2D eigenvalue weighted by atomic mass is 10.0. The van der Waals surface area contributed by atoms with E-state index in [0.29, 0.717) is 57.4 Å². The normalized spacial score (nSPS) is 12.7. The van der Waals surface area contributed by atoms with Gasteiger partial charge in [-0.3, -0.25) is 24.9 Å². The quantitative estimate of drug-likeness (QED) is 0.125. The summed E-state index contributed by atoms with van der Waals surface area (Å²) >= 11 is 0. The largest absolute Gasteiger partial charge is 0.437 e. The lowest BCUT2D eigenvalue weighted by Gasteiger charge is -2.06. The van der Waals surface area contributed by atoms with E-state index in [-0.39, 0.29) is 0 Å². The van der Waals surface area contributed by atoms with Crippen molar-refractivity contribution in [2.45, 2.75) is 99.2 Å². The summed E-state index contributed by atoms with van der Waals surface area (Å²) in [7, 11) is 0. The van der Waals surface area contributed by atoms with Crippen molar-refractivity contribution in [3.05, 3.63) is 302 Å². The van der Waals surface area contributed by atoms with Crippen molar-refractivity contribution in [1.82, 2.24) is 49.8 Å². The van der Waals surface area contributed by atoms with Gasteiger partial charge in [-0.05, 0) is 192 Å². The van der Waals surface area contributed by atoms with Crippen molar-refractivity contribution < 1.29 is 28.9 Å². The van der Waals surface area contributed by atoms with Gasteiger partial charge in [0.1, 0.15) is 27.9 Å². The van der Waals surface area contributed by atoms with Crippen LogP contribution in [0.5, 0.6) is 0 Å². The average molecular weight is 1450 g/mol. The Bertz CT molecular complexity index is 6910. The number of pyridine rings is 10. The van der Waals surface area contributed by atoms with Gasteiger partial charge in [-0.15, -0.1) is 0 Å². The molecule has 15 heteroatoms. The molecule has 0 aliphatic heterocycles. The molecule has 20 aromatic rings. The number of fused-ring (bicyclic) bond motifs is 15. The van der Waals surface area contributed by atoms with E-state index in [4.69, 9.17) is 28.9 Å². The highest BCUT2D eigenvalue weighted by atomic mass is 16.4. The third-order valence-electron chi connectivity index (χ3n) is 19.7. The molecule has 0 saturated carbocycles. The molecular weight excluding hydrogens is 1360 g/mol. The van der Waals surface area contributed by atoms with Crippen LogP contribution in [0.25, 0.3) is 167 Å². The molecule has 0 fully saturated rings. The van der Waals surface area contributed by atoms with Crippen LogP contribution in [0.3, 0.4) is 0 Å². The maximum atomic E-state index is 7.75. The summed E-state index contributed by atoms with van der Waals surface area (Å²) in [5.41, 5.74) is 22.4. The van der Waals surface area contributed by atoms with Gasteiger partial charge in [0.25, 0.3) is 0 Å². The van der Waals surface area contributed by atoms with Gasteiger partial charge >= 0.3 is 0 Å². The molecule has 0 N–H and O–H groups in total. The van der Waals surface area contributed by atoms with Crippen molar-refractivity contribution >= 4 is 110 Å². The van der Waals surface area contributed by atoms with E-state index in [1.807, 2.05) is 164 Å². The van der Waals surface area contributed by atoms with Crippen molar-refractivity contribution in [3.63, 3.8) is 0 Å². The zero-order valence-electron chi connectivity index (χ0n) is 67.2. The van der Waals surface area contributed by atoms with Crippen LogP contribution in [-0.2, 0) is 6.37 Å². The number of nitrogens with zero attached hydrogens (tertiary/aromatic N) is 10. The summed E-state index contributed by atoms with van der Waals surface area (Å²) in [6.45, 7) is 16.3.